The molecular weight excluding hydrogens is 460 g/mol. The van der Waals surface area contributed by atoms with Crippen molar-refractivity contribution in [2.45, 2.75) is 51.5 Å². The summed E-state index contributed by atoms with van der Waals surface area (Å²) in [5.41, 5.74) is 0.200. The maximum atomic E-state index is 12.5. The zero-order valence-corrected chi connectivity index (χ0v) is 20.3. The number of amides is 2. The number of carbonyl (C=O) groups is 3. The van der Waals surface area contributed by atoms with Gasteiger partial charge in [0.2, 0.25) is 0 Å². The van der Waals surface area contributed by atoms with Gasteiger partial charge in [0.05, 0.1) is 5.02 Å². The van der Waals surface area contributed by atoms with Crippen LogP contribution in [-0.4, -0.2) is 37.0 Å². The van der Waals surface area contributed by atoms with E-state index in [-0.39, 0.29) is 30.5 Å². The molecule has 4 saturated carbocycles. The molecule has 0 radical (unpaired) electrons. The van der Waals surface area contributed by atoms with Gasteiger partial charge in [-0.3, -0.25) is 14.4 Å². The van der Waals surface area contributed by atoms with E-state index in [1.54, 1.807) is 0 Å². The molecule has 1 heterocycles. The first kappa shape index (κ1) is 22.7. The number of thiophene rings is 1. The highest BCUT2D eigenvalue weighted by Gasteiger charge is 2.53. The van der Waals surface area contributed by atoms with Crippen molar-refractivity contribution in [3.05, 3.63) is 34.2 Å². The summed E-state index contributed by atoms with van der Waals surface area (Å²) in [6.07, 6.45) is 7.67. The van der Waals surface area contributed by atoms with Gasteiger partial charge < -0.3 is 15.4 Å². The van der Waals surface area contributed by atoms with Gasteiger partial charge in [0.1, 0.15) is 11.4 Å². The van der Waals surface area contributed by atoms with Crippen LogP contribution < -0.4 is 10.6 Å². The molecule has 4 aliphatic carbocycles. The van der Waals surface area contributed by atoms with Crippen LogP contribution in [0.3, 0.4) is 0 Å². The molecule has 2 N–H and O–H groups in total. The highest BCUT2D eigenvalue weighted by molar-refractivity contribution is 7.21. The summed E-state index contributed by atoms with van der Waals surface area (Å²) < 4.78 is 6.01. The topological polar surface area (TPSA) is 84.5 Å². The first-order valence-corrected chi connectivity index (χ1v) is 12.9. The highest BCUT2D eigenvalue weighted by Crippen LogP contribution is 2.61. The third kappa shape index (κ3) is 4.50. The number of hydrogen-bond donors (Lipinski definition) is 2. The molecule has 0 spiro atoms. The van der Waals surface area contributed by atoms with E-state index in [0.29, 0.717) is 9.90 Å². The van der Waals surface area contributed by atoms with E-state index in [0.717, 1.165) is 27.8 Å². The molecule has 0 saturated heterocycles. The van der Waals surface area contributed by atoms with E-state index >= 15 is 0 Å². The maximum absolute atomic E-state index is 12.5. The Morgan fingerprint density at radius 1 is 1.12 bits per heavy atom. The second kappa shape index (κ2) is 8.91. The molecule has 0 unspecified atom stereocenters. The fourth-order valence-electron chi connectivity index (χ4n) is 6.73. The molecule has 1 aromatic carbocycles. The lowest BCUT2D eigenvalue weighted by molar-refractivity contribution is -0.148. The lowest BCUT2D eigenvalue weighted by atomic mass is 9.48. The van der Waals surface area contributed by atoms with Crippen molar-refractivity contribution in [2.24, 2.45) is 23.2 Å². The first-order valence-electron chi connectivity index (χ1n) is 11.7. The van der Waals surface area contributed by atoms with Crippen molar-refractivity contribution in [1.82, 2.24) is 10.6 Å². The second-order valence-corrected chi connectivity index (χ2v) is 11.6. The largest absolute Gasteiger partial charge is 0.454 e. The fourth-order valence-corrected chi connectivity index (χ4v) is 8.17. The van der Waals surface area contributed by atoms with Gasteiger partial charge in [-0.2, -0.15) is 0 Å². The summed E-state index contributed by atoms with van der Waals surface area (Å²) >= 11 is 7.58. The number of nitrogens with one attached hydrogen (secondary N) is 2. The van der Waals surface area contributed by atoms with Crippen LogP contribution in [0.1, 0.15) is 55.1 Å². The quantitative estimate of drug-likeness (QED) is 0.560. The Balaban J connectivity index is 1.08. The van der Waals surface area contributed by atoms with E-state index in [1.807, 2.05) is 24.3 Å². The lowest BCUT2D eigenvalue weighted by Crippen LogP contribution is -2.56. The summed E-state index contributed by atoms with van der Waals surface area (Å²) in [7, 11) is 0. The Bertz CT molecular complexity index is 1060. The van der Waals surface area contributed by atoms with Crippen LogP contribution in [0.25, 0.3) is 10.1 Å². The van der Waals surface area contributed by atoms with Crippen LogP contribution in [0.15, 0.2) is 24.3 Å². The van der Waals surface area contributed by atoms with Crippen LogP contribution >= 0.6 is 22.9 Å². The zero-order valence-electron chi connectivity index (χ0n) is 18.7. The minimum Gasteiger partial charge on any atom is -0.454 e. The Labute approximate surface area is 202 Å². The van der Waals surface area contributed by atoms with Crippen molar-refractivity contribution >= 4 is 50.8 Å². The third-order valence-electron chi connectivity index (χ3n) is 7.88. The molecule has 4 aliphatic rings. The third-order valence-corrected chi connectivity index (χ3v) is 9.55. The molecule has 176 valence electrons. The van der Waals surface area contributed by atoms with Crippen molar-refractivity contribution in [3.8, 4) is 0 Å². The molecule has 0 aliphatic heterocycles. The van der Waals surface area contributed by atoms with Crippen molar-refractivity contribution < 1.29 is 19.1 Å². The van der Waals surface area contributed by atoms with Crippen LogP contribution in [0.5, 0.6) is 0 Å². The predicted molar refractivity (Wildman–Crippen MR) is 128 cm³/mol. The molecule has 8 heteroatoms. The fraction of sp³-hybridized carbons (Fsp3) is 0.560. The summed E-state index contributed by atoms with van der Waals surface area (Å²) in [5, 5.41) is 6.80. The monoisotopic (exact) mass is 488 g/mol. The molecule has 4 fully saturated rings. The molecule has 2 aromatic rings. The summed E-state index contributed by atoms with van der Waals surface area (Å²) in [6, 6.07) is 7.55. The molecule has 4 bridgehead atoms. The molecule has 1 atom stereocenters. The van der Waals surface area contributed by atoms with Crippen LogP contribution in [0.2, 0.25) is 5.02 Å². The summed E-state index contributed by atoms with van der Waals surface area (Å²) in [4.78, 5) is 37.4. The zero-order chi connectivity index (χ0) is 23.2. The van der Waals surface area contributed by atoms with E-state index < -0.39 is 11.9 Å². The molecule has 2 amide bonds. The van der Waals surface area contributed by atoms with E-state index in [2.05, 4.69) is 17.6 Å². The second-order valence-electron chi connectivity index (χ2n) is 10.2. The molecular formula is C25H29ClN2O4S. The number of hydrogen-bond acceptors (Lipinski definition) is 5. The van der Waals surface area contributed by atoms with Gasteiger partial charge in [-0.25, -0.2) is 0 Å². The van der Waals surface area contributed by atoms with Gasteiger partial charge in [-0.05, 0) is 74.7 Å². The summed E-state index contributed by atoms with van der Waals surface area (Å²) in [5.74, 6) is 1.06. The highest BCUT2D eigenvalue weighted by atomic mass is 35.5. The Kier molecular flexibility index (Phi) is 6.12. The van der Waals surface area contributed by atoms with E-state index in [4.69, 9.17) is 16.3 Å². The Hall–Kier alpha value is -2.12. The lowest BCUT2D eigenvalue weighted by Gasteiger charge is -2.59. The number of esters is 1. The minimum absolute atomic E-state index is 0.0758. The van der Waals surface area contributed by atoms with Gasteiger partial charge >= 0.3 is 5.97 Å². The normalized spacial score (nSPS) is 28.5. The number of carbonyl (C=O) groups excluding carboxylic acids is 3. The summed E-state index contributed by atoms with van der Waals surface area (Å²) in [6.45, 7) is 1.44. The van der Waals surface area contributed by atoms with Crippen LogP contribution in [0.4, 0.5) is 0 Å². The molecule has 6 rings (SSSR count). The van der Waals surface area contributed by atoms with Crippen LogP contribution in [-0.2, 0) is 14.3 Å². The first-order chi connectivity index (χ1) is 15.8. The molecule has 33 heavy (non-hydrogen) atoms. The Morgan fingerprint density at radius 3 is 2.39 bits per heavy atom. The van der Waals surface area contributed by atoms with E-state index in [1.165, 1.54) is 49.9 Å². The van der Waals surface area contributed by atoms with Gasteiger partial charge in [-0.15, -0.1) is 11.3 Å². The van der Waals surface area contributed by atoms with Crippen molar-refractivity contribution in [2.75, 3.05) is 13.2 Å². The number of fused-ring (bicyclic) bond motifs is 1. The van der Waals surface area contributed by atoms with E-state index in [9.17, 15) is 14.4 Å². The van der Waals surface area contributed by atoms with Crippen LogP contribution in [0, 0.1) is 23.2 Å². The average molecular weight is 489 g/mol. The number of halogens is 1. The smallest absolute Gasteiger partial charge is 0.325 e. The average Bonchev–Trinajstić information content (AvgIpc) is 3.12. The molecule has 6 nitrogen and oxygen atoms in total. The molecule has 1 aromatic heterocycles. The van der Waals surface area contributed by atoms with Gasteiger partial charge in [0.15, 0.2) is 6.61 Å². The van der Waals surface area contributed by atoms with Gasteiger partial charge in [0, 0.05) is 16.1 Å². The number of benzene rings is 1. The SMILES string of the molecule is C[C@H](NC(=O)COC(=O)CNC(=O)c1sc2ccccc2c1Cl)C12CC3CC(CC(C3)C1)C2. The van der Waals surface area contributed by atoms with Gasteiger partial charge in [-0.1, -0.05) is 29.8 Å². The minimum atomic E-state index is -0.654. The number of ether oxygens (including phenoxy) is 1. The number of rotatable bonds is 7. The van der Waals surface area contributed by atoms with Crippen molar-refractivity contribution in [1.29, 1.82) is 0 Å². The standard InChI is InChI=1S/C25H29ClN2O4S/c1-14(25-9-15-6-16(10-25)8-17(7-15)11-25)28-20(29)13-32-21(30)12-27-24(31)23-22(26)18-4-2-3-5-19(18)33-23/h2-5,14-17H,6-13H2,1H3,(H,27,31)(H,28,29)/t14-,15?,16?,17?,25?/m0/s1. The maximum Gasteiger partial charge on any atom is 0.325 e. The predicted octanol–water partition coefficient (Wildman–Crippen LogP) is 4.55. The van der Waals surface area contributed by atoms with Gasteiger partial charge in [0.25, 0.3) is 11.8 Å². The Morgan fingerprint density at radius 2 is 1.76 bits per heavy atom. The van der Waals surface area contributed by atoms with Crippen molar-refractivity contribution in [3.63, 3.8) is 0 Å².